The number of nitrogens with zero attached hydrogens (tertiary/aromatic N) is 1. The molecule has 0 fully saturated rings. The van der Waals surface area contributed by atoms with Gasteiger partial charge in [-0.05, 0) is 25.0 Å². The van der Waals surface area contributed by atoms with Gasteiger partial charge >= 0.3 is 0 Å². The Morgan fingerprint density at radius 3 is 3.12 bits per heavy atom. The third kappa shape index (κ3) is 2.11. The van der Waals surface area contributed by atoms with Crippen molar-refractivity contribution in [1.82, 2.24) is 0 Å². The number of hydrogen-bond acceptors (Lipinski definition) is 3. The average molecular weight is 242 g/mol. The largest absolute Gasteiger partial charge is 0.488 e. The first-order valence-electron chi connectivity index (χ1n) is 5.49. The van der Waals surface area contributed by atoms with Crippen molar-refractivity contribution < 1.29 is 9.84 Å². The van der Waals surface area contributed by atoms with Crippen LogP contribution in [0.1, 0.15) is 12.8 Å². The van der Waals surface area contributed by atoms with Gasteiger partial charge in [0.25, 0.3) is 0 Å². The van der Waals surface area contributed by atoms with E-state index in [0.717, 1.165) is 24.3 Å². The number of ether oxygens (including phenoxy) is 1. The predicted molar refractivity (Wildman–Crippen MR) is 65.5 cm³/mol. The lowest BCUT2D eigenvalue weighted by molar-refractivity contribution is 0.236. The molecule has 3 nitrogen and oxygen atoms in total. The lowest BCUT2D eigenvalue weighted by atomic mass is 10.1. The number of halogens is 1. The lowest BCUT2D eigenvalue weighted by Gasteiger charge is -2.36. The van der Waals surface area contributed by atoms with Gasteiger partial charge in [0.1, 0.15) is 6.61 Å². The summed E-state index contributed by atoms with van der Waals surface area (Å²) >= 11 is 6.07. The van der Waals surface area contributed by atoms with Crippen molar-refractivity contribution >= 4 is 17.3 Å². The fourth-order valence-corrected chi connectivity index (χ4v) is 2.23. The maximum atomic E-state index is 8.84. The molecular weight excluding hydrogens is 226 g/mol. The molecule has 0 radical (unpaired) electrons. The van der Waals surface area contributed by atoms with Gasteiger partial charge in [-0.25, -0.2) is 0 Å². The van der Waals surface area contributed by atoms with E-state index in [0.29, 0.717) is 17.7 Å². The average Bonchev–Trinajstić information content (AvgIpc) is 2.29. The molecule has 0 bridgehead atoms. The quantitative estimate of drug-likeness (QED) is 0.882. The second-order valence-corrected chi connectivity index (χ2v) is 4.44. The van der Waals surface area contributed by atoms with E-state index in [9.17, 15) is 0 Å². The molecule has 4 heteroatoms. The van der Waals surface area contributed by atoms with E-state index in [1.807, 2.05) is 25.2 Å². The predicted octanol–water partition coefficient (Wildman–Crippen LogP) is 2.31. The molecule has 88 valence electrons. The zero-order chi connectivity index (χ0) is 11.5. The second-order valence-electron chi connectivity index (χ2n) is 4.03. The van der Waals surface area contributed by atoms with E-state index in [-0.39, 0.29) is 6.61 Å². The van der Waals surface area contributed by atoms with Gasteiger partial charge < -0.3 is 14.7 Å². The molecule has 0 saturated heterocycles. The number of anilines is 1. The van der Waals surface area contributed by atoms with Gasteiger partial charge in [0.2, 0.25) is 0 Å². The fraction of sp³-hybridized carbons (Fsp3) is 0.500. The molecule has 1 heterocycles. The maximum absolute atomic E-state index is 8.84. The topological polar surface area (TPSA) is 32.7 Å². The van der Waals surface area contributed by atoms with Crippen LogP contribution in [0.4, 0.5) is 5.69 Å². The number of hydrogen-bond donors (Lipinski definition) is 1. The molecule has 0 saturated carbocycles. The Kier molecular flexibility index (Phi) is 3.56. The monoisotopic (exact) mass is 241 g/mol. The summed E-state index contributed by atoms with van der Waals surface area (Å²) in [5, 5.41) is 9.50. The molecule has 1 aliphatic heterocycles. The molecule has 1 aliphatic rings. The zero-order valence-electron chi connectivity index (χ0n) is 9.32. The maximum Gasteiger partial charge on any atom is 0.161 e. The minimum absolute atomic E-state index is 0.229. The highest BCUT2D eigenvalue weighted by Crippen LogP contribution is 2.39. The van der Waals surface area contributed by atoms with Crippen LogP contribution in [0.2, 0.25) is 5.02 Å². The van der Waals surface area contributed by atoms with E-state index in [4.69, 9.17) is 21.4 Å². The van der Waals surface area contributed by atoms with Crippen molar-refractivity contribution in [2.45, 2.75) is 18.9 Å². The highest BCUT2D eigenvalue weighted by molar-refractivity contribution is 6.32. The van der Waals surface area contributed by atoms with Crippen molar-refractivity contribution in [2.75, 3.05) is 25.2 Å². The molecule has 1 aromatic rings. The molecule has 16 heavy (non-hydrogen) atoms. The van der Waals surface area contributed by atoms with Gasteiger partial charge in [-0.2, -0.15) is 0 Å². The van der Waals surface area contributed by atoms with E-state index >= 15 is 0 Å². The third-order valence-electron chi connectivity index (χ3n) is 2.99. The standard InChI is InChI=1S/C12H16ClNO2/c1-14-9(4-3-7-15)8-16-12-10(13)5-2-6-11(12)14/h2,5-6,9,15H,3-4,7-8H2,1H3. The first kappa shape index (κ1) is 11.6. The van der Waals surface area contributed by atoms with Crippen LogP contribution in [0.25, 0.3) is 0 Å². The van der Waals surface area contributed by atoms with Crippen LogP contribution in [-0.4, -0.2) is 31.4 Å². The van der Waals surface area contributed by atoms with Crippen LogP contribution >= 0.6 is 11.6 Å². The second kappa shape index (κ2) is 4.93. The summed E-state index contributed by atoms with van der Waals surface area (Å²) in [5.74, 6) is 0.770. The summed E-state index contributed by atoms with van der Waals surface area (Å²) in [6.45, 7) is 0.861. The Hall–Kier alpha value is -0.930. The van der Waals surface area contributed by atoms with Crippen molar-refractivity contribution in [3.63, 3.8) is 0 Å². The highest BCUT2D eigenvalue weighted by Gasteiger charge is 2.25. The number of aliphatic hydroxyl groups excluding tert-OH is 1. The number of fused-ring (bicyclic) bond motifs is 1. The Balaban J connectivity index is 2.18. The number of para-hydroxylation sites is 1. The Bertz CT molecular complexity index is 370. The van der Waals surface area contributed by atoms with Gasteiger partial charge in [-0.3, -0.25) is 0 Å². The summed E-state index contributed by atoms with van der Waals surface area (Å²) in [6.07, 6.45) is 1.73. The Morgan fingerprint density at radius 1 is 1.56 bits per heavy atom. The van der Waals surface area contributed by atoms with Crippen molar-refractivity contribution in [2.24, 2.45) is 0 Å². The van der Waals surface area contributed by atoms with Gasteiger partial charge in [0, 0.05) is 13.7 Å². The van der Waals surface area contributed by atoms with E-state index < -0.39 is 0 Å². The fourth-order valence-electron chi connectivity index (χ4n) is 2.01. The summed E-state index contributed by atoms with van der Waals surface area (Å²) in [6, 6.07) is 6.09. The van der Waals surface area contributed by atoms with Crippen molar-refractivity contribution in [3.8, 4) is 5.75 Å². The molecule has 1 aromatic carbocycles. The molecule has 1 atom stereocenters. The van der Waals surface area contributed by atoms with Crippen LogP contribution in [0.5, 0.6) is 5.75 Å². The normalized spacial score (nSPS) is 19.2. The molecule has 0 amide bonds. The summed E-state index contributed by atoms with van der Waals surface area (Å²) < 4.78 is 5.68. The first-order valence-corrected chi connectivity index (χ1v) is 5.87. The van der Waals surface area contributed by atoms with Crippen LogP contribution in [0.3, 0.4) is 0 Å². The third-order valence-corrected chi connectivity index (χ3v) is 3.29. The number of likely N-dealkylation sites (N-methyl/N-ethyl adjacent to an activating group) is 1. The molecule has 0 aliphatic carbocycles. The van der Waals surface area contributed by atoms with Gasteiger partial charge in [-0.1, -0.05) is 17.7 Å². The van der Waals surface area contributed by atoms with E-state index in [2.05, 4.69) is 4.90 Å². The first-order chi connectivity index (χ1) is 7.74. The molecule has 0 aromatic heterocycles. The summed E-state index contributed by atoms with van der Waals surface area (Å²) in [7, 11) is 2.04. The number of aliphatic hydroxyl groups is 1. The molecule has 0 spiro atoms. The Labute approximate surface area is 101 Å². The SMILES string of the molecule is CN1c2cccc(Cl)c2OCC1CCCO. The minimum atomic E-state index is 0.229. The minimum Gasteiger partial charge on any atom is -0.488 e. The molecule has 1 N–H and O–H groups in total. The van der Waals surface area contributed by atoms with Crippen LogP contribution in [-0.2, 0) is 0 Å². The zero-order valence-corrected chi connectivity index (χ0v) is 10.1. The smallest absolute Gasteiger partial charge is 0.161 e. The number of rotatable bonds is 3. The lowest BCUT2D eigenvalue weighted by Crippen LogP contribution is -2.40. The molecule has 2 rings (SSSR count). The van der Waals surface area contributed by atoms with Gasteiger partial charge in [-0.15, -0.1) is 0 Å². The van der Waals surface area contributed by atoms with E-state index in [1.165, 1.54) is 0 Å². The summed E-state index contributed by atoms with van der Waals surface area (Å²) in [5.41, 5.74) is 1.03. The van der Waals surface area contributed by atoms with Gasteiger partial charge in [0.05, 0.1) is 16.8 Å². The number of benzene rings is 1. The highest BCUT2D eigenvalue weighted by atomic mass is 35.5. The molecule has 1 unspecified atom stereocenters. The van der Waals surface area contributed by atoms with Crippen LogP contribution < -0.4 is 9.64 Å². The van der Waals surface area contributed by atoms with Crippen LogP contribution in [0.15, 0.2) is 18.2 Å². The van der Waals surface area contributed by atoms with Gasteiger partial charge in [0.15, 0.2) is 5.75 Å². The van der Waals surface area contributed by atoms with Crippen molar-refractivity contribution in [3.05, 3.63) is 23.2 Å². The molecular formula is C12H16ClNO2. The Morgan fingerprint density at radius 2 is 2.38 bits per heavy atom. The van der Waals surface area contributed by atoms with E-state index in [1.54, 1.807) is 0 Å². The van der Waals surface area contributed by atoms with Crippen molar-refractivity contribution in [1.29, 1.82) is 0 Å². The van der Waals surface area contributed by atoms with Crippen LogP contribution in [0, 0.1) is 0 Å². The summed E-state index contributed by atoms with van der Waals surface area (Å²) in [4.78, 5) is 2.18.